The van der Waals surface area contributed by atoms with Gasteiger partial charge in [0.05, 0.1) is 10.5 Å². The minimum atomic E-state index is -3.34. The Hall–Kier alpha value is -2.22. The Bertz CT molecular complexity index is 707. The third kappa shape index (κ3) is 3.70. The van der Waals surface area contributed by atoms with E-state index in [1.807, 2.05) is 0 Å². The predicted octanol–water partition coefficient (Wildman–Crippen LogP) is 0.396. The number of benzene rings is 1. The smallest absolute Gasteiger partial charge is 0.338 e. The van der Waals surface area contributed by atoms with Gasteiger partial charge in [0.15, 0.2) is 16.4 Å². The first kappa shape index (κ1) is 16.2. The third-order valence-electron chi connectivity index (χ3n) is 3.22. The van der Waals surface area contributed by atoms with Crippen LogP contribution in [0.25, 0.3) is 0 Å². The highest BCUT2D eigenvalue weighted by Gasteiger charge is 2.27. The lowest BCUT2D eigenvalue weighted by atomic mass is 10.2. The van der Waals surface area contributed by atoms with Crippen molar-refractivity contribution in [2.45, 2.75) is 17.7 Å². The van der Waals surface area contributed by atoms with Crippen LogP contribution < -0.4 is 0 Å². The summed E-state index contributed by atoms with van der Waals surface area (Å²) in [6.07, 6.45) is 2.00. The van der Waals surface area contributed by atoms with Gasteiger partial charge in [0.25, 0.3) is 5.91 Å². The van der Waals surface area contributed by atoms with E-state index >= 15 is 0 Å². The Morgan fingerprint density at radius 3 is 2.36 bits per heavy atom. The molecule has 7 nitrogen and oxygen atoms in total. The lowest BCUT2D eigenvalue weighted by molar-refractivity contribution is -0.143. The molecule has 1 heterocycles. The Balaban J connectivity index is 1.95. The molecule has 1 aromatic rings. The second kappa shape index (κ2) is 6.27. The molecule has 1 aliphatic heterocycles. The molecule has 0 saturated carbocycles. The fourth-order valence-corrected chi connectivity index (χ4v) is 2.67. The Morgan fingerprint density at radius 2 is 1.86 bits per heavy atom. The summed E-state index contributed by atoms with van der Waals surface area (Å²) in [7, 11) is -3.34. The largest absolute Gasteiger partial charge is 0.452 e. The number of esters is 1. The van der Waals surface area contributed by atoms with E-state index in [1.54, 1.807) is 0 Å². The van der Waals surface area contributed by atoms with E-state index in [4.69, 9.17) is 4.74 Å². The van der Waals surface area contributed by atoms with Gasteiger partial charge in [-0.25, -0.2) is 13.2 Å². The average molecular weight is 325 g/mol. The number of hydrogen-bond donors (Lipinski definition) is 0. The zero-order chi connectivity index (χ0) is 16.3. The fourth-order valence-electron chi connectivity index (χ4n) is 2.04. The molecule has 1 fully saturated rings. The highest BCUT2D eigenvalue weighted by atomic mass is 32.2. The second-order valence-electron chi connectivity index (χ2n) is 4.92. The van der Waals surface area contributed by atoms with Crippen LogP contribution in [0.5, 0.6) is 0 Å². The van der Waals surface area contributed by atoms with E-state index in [0.717, 1.165) is 11.2 Å². The van der Waals surface area contributed by atoms with Crippen LogP contribution in [0.4, 0.5) is 0 Å². The van der Waals surface area contributed by atoms with Gasteiger partial charge in [0, 0.05) is 19.2 Å². The van der Waals surface area contributed by atoms with E-state index in [9.17, 15) is 22.8 Å². The molecule has 0 bridgehead atoms. The standard InChI is InChI=1S/C14H15NO6S/c1-22(19,20)11-6-4-10(5-7-11)14(18)21-9-13(17)15-8-2-3-12(15)16/h4-7H,2-3,8-9H2,1H3. The van der Waals surface area contributed by atoms with Gasteiger partial charge in [0.1, 0.15) is 0 Å². The molecule has 22 heavy (non-hydrogen) atoms. The van der Waals surface area contributed by atoms with Gasteiger partial charge in [-0.2, -0.15) is 0 Å². The lowest BCUT2D eigenvalue weighted by Gasteiger charge is -2.13. The normalized spacial score (nSPS) is 15.0. The van der Waals surface area contributed by atoms with Crippen molar-refractivity contribution < 1.29 is 27.5 Å². The maximum Gasteiger partial charge on any atom is 0.338 e. The average Bonchev–Trinajstić information content (AvgIpc) is 2.90. The fraction of sp³-hybridized carbons (Fsp3) is 0.357. The molecule has 0 atom stereocenters. The number of hydrogen-bond acceptors (Lipinski definition) is 6. The molecular formula is C14H15NO6S. The van der Waals surface area contributed by atoms with Crippen LogP contribution in [-0.4, -0.2) is 50.5 Å². The van der Waals surface area contributed by atoms with E-state index in [2.05, 4.69) is 0 Å². The van der Waals surface area contributed by atoms with Gasteiger partial charge in [-0.3, -0.25) is 14.5 Å². The summed E-state index contributed by atoms with van der Waals surface area (Å²) in [6, 6.07) is 5.20. The van der Waals surface area contributed by atoms with Crippen molar-refractivity contribution >= 4 is 27.6 Å². The van der Waals surface area contributed by atoms with E-state index in [1.165, 1.54) is 24.3 Å². The molecule has 2 amide bonds. The third-order valence-corrected chi connectivity index (χ3v) is 4.35. The maximum absolute atomic E-state index is 11.8. The molecule has 0 aromatic heterocycles. The molecule has 0 spiro atoms. The van der Waals surface area contributed by atoms with E-state index < -0.39 is 28.3 Å². The molecule has 0 aliphatic carbocycles. The van der Waals surface area contributed by atoms with E-state index in [0.29, 0.717) is 19.4 Å². The Morgan fingerprint density at radius 1 is 1.23 bits per heavy atom. The lowest BCUT2D eigenvalue weighted by Crippen LogP contribution is -2.35. The molecule has 2 rings (SSSR count). The molecule has 0 unspecified atom stereocenters. The molecule has 1 aromatic carbocycles. The number of carbonyl (C=O) groups is 3. The van der Waals surface area contributed by atoms with E-state index in [-0.39, 0.29) is 16.4 Å². The van der Waals surface area contributed by atoms with Crippen LogP contribution in [0.3, 0.4) is 0 Å². The summed E-state index contributed by atoms with van der Waals surface area (Å²) in [4.78, 5) is 36.0. The minimum Gasteiger partial charge on any atom is -0.452 e. The summed E-state index contributed by atoms with van der Waals surface area (Å²) < 4.78 is 27.5. The number of nitrogens with zero attached hydrogens (tertiary/aromatic N) is 1. The Kier molecular flexibility index (Phi) is 4.60. The highest BCUT2D eigenvalue weighted by molar-refractivity contribution is 7.90. The number of sulfone groups is 1. The minimum absolute atomic E-state index is 0.0859. The van der Waals surface area contributed by atoms with Crippen molar-refractivity contribution in [3.63, 3.8) is 0 Å². The van der Waals surface area contributed by atoms with Crippen LogP contribution in [-0.2, 0) is 24.2 Å². The van der Waals surface area contributed by atoms with Gasteiger partial charge in [-0.05, 0) is 30.7 Å². The summed E-state index contributed by atoms with van der Waals surface area (Å²) in [5.74, 6) is -1.57. The summed E-state index contributed by atoms with van der Waals surface area (Å²) in [6.45, 7) is -0.170. The SMILES string of the molecule is CS(=O)(=O)c1ccc(C(=O)OCC(=O)N2CCCC2=O)cc1. The summed E-state index contributed by atoms with van der Waals surface area (Å²) >= 11 is 0. The summed E-state index contributed by atoms with van der Waals surface area (Å²) in [5, 5.41) is 0. The van der Waals surface area contributed by atoms with Gasteiger partial charge in [-0.1, -0.05) is 0 Å². The van der Waals surface area contributed by atoms with Crippen LogP contribution in [0, 0.1) is 0 Å². The number of rotatable bonds is 4. The van der Waals surface area contributed by atoms with Crippen molar-refractivity contribution in [2.24, 2.45) is 0 Å². The van der Waals surface area contributed by atoms with Gasteiger partial charge < -0.3 is 4.74 Å². The summed E-state index contributed by atoms with van der Waals surface area (Å²) in [5.41, 5.74) is 0.132. The zero-order valence-corrected chi connectivity index (χ0v) is 12.8. The number of amides is 2. The monoisotopic (exact) mass is 325 g/mol. The first-order valence-corrected chi connectivity index (χ1v) is 8.48. The van der Waals surface area contributed by atoms with Crippen LogP contribution in [0.2, 0.25) is 0 Å². The first-order valence-electron chi connectivity index (χ1n) is 6.59. The number of ether oxygens (including phenoxy) is 1. The molecule has 1 saturated heterocycles. The quantitative estimate of drug-likeness (QED) is 0.743. The van der Waals surface area contributed by atoms with Crippen LogP contribution in [0.1, 0.15) is 23.2 Å². The molecular weight excluding hydrogens is 310 g/mol. The zero-order valence-electron chi connectivity index (χ0n) is 11.9. The number of imide groups is 1. The number of carbonyl (C=O) groups excluding carboxylic acids is 3. The Labute approximate surface area is 127 Å². The molecule has 1 aliphatic rings. The topological polar surface area (TPSA) is 97.8 Å². The van der Waals surface area contributed by atoms with Crippen molar-refractivity contribution in [2.75, 3.05) is 19.4 Å². The van der Waals surface area contributed by atoms with Crippen LogP contribution in [0.15, 0.2) is 29.2 Å². The first-order chi connectivity index (χ1) is 10.3. The van der Waals surface area contributed by atoms with Crippen LogP contribution >= 0.6 is 0 Å². The van der Waals surface area contributed by atoms with Gasteiger partial charge >= 0.3 is 5.97 Å². The number of likely N-dealkylation sites (tertiary alicyclic amines) is 1. The van der Waals surface area contributed by atoms with Crippen molar-refractivity contribution in [1.29, 1.82) is 0 Å². The predicted molar refractivity (Wildman–Crippen MR) is 75.8 cm³/mol. The molecule has 0 radical (unpaired) electrons. The van der Waals surface area contributed by atoms with Gasteiger partial charge in [-0.15, -0.1) is 0 Å². The molecule has 0 N–H and O–H groups in total. The van der Waals surface area contributed by atoms with Gasteiger partial charge in [0.2, 0.25) is 5.91 Å². The van der Waals surface area contributed by atoms with Crippen molar-refractivity contribution in [3.05, 3.63) is 29.8 Å². The highest BCUT2D eigenvalue weighted by Crippen LogP contribution is 2.12. The molecule has 8 heteroatoms. The van der Waals surface area contributed by atoms with Crippen molar-refractivity contribution in [3.8, 4) is 0 Å². The second-order valence-corrected chi connectivity index (χ2v) is 6.93. The molecule has 118 valence electrons. The maximum atomic E-state index is 11.8. The van der Waals surface area contributed by atoms with Crippen molar-refractivity contribution in [1.82, 2.24) is 4.90 Å².